The van der Waals surface area contributed by atoms with Gasteiger partial charge in [-0.2, -0.15) is 0 Å². The van der Waals surface area contributed by atoms with Crippen molar-refractivity contribution in [1.29, 1.82) is 0 Å². The zero-order valence-corrected chi connectivity index (χ0v) is 20.2. The van der Waals surface area contributed by atoms with Gasteiger partial charge in [-0.15, -0.1) is 0 Å². The molecule has 4 heteroatoms. The van der Waals surface area contributed by atoms with E-state index in [1.54, 1.807) is 0 Å². The first-order valence-corrected chi connectivity index (χ1v) is 13.7. The van der Waals surface area contributed by atoms with Gasteiger partial charge >= 0.3 is 0 Å². The van der Waals surface area contributed by atoms with Crippen LogP contribution in [-0.2, 0) is 4.74 Å². The van der Waals surface area contributed by atoms with Crippen molar-refractivity contribution in [2.24, 2.45) is 35.5 Å². The molecule has 3 atom stereocenters. The van der Waals surface area contributed by atoms with Crippen LogP contribution in [-0.4, -0.2) is 47.7 Å². The minimum Gasteiger partial charge on any atom is -0.393 e. The summed E-state index contributed by atoms with van der Waals surface area (Å²) in [7, 11) is 0. The van der Waals surface area contributed by atoms with Crippen molar-refractivity contribution in [3.05, 3.63) is 0 Å². The summed E-state index contributed by atoms with van der Waals surface area (Å²) >= 11 is 0. The molecule has 3 N–H and O–H groups in total. The predicted octanol–water partition coefficient (Wildman–Crippen LogP) is 4.91. The van der Waals surface area contributed by atoms with E-state index in [-0.39, 0.29) is 12.2 Å². The lowest BCUT2D eigenvalue weighted by molar-refractivity contribution is -0.0205. The molecule has 31 heavy (non-hydrogen) atoms. The number of rotatable bonds is 6. The van der Waals surface area contributed by atoms with Gasteiger partial charge in [0.1, 0.15) is 0 Å². The Balaban J connectivity index is 0.000000407. The van der Waals surface area contributed by atoms with E-state index in [0.717, 1.165) is 74.3 Å². The van der Waals surface area contributed by atoms with Gasteiger partial charge < -0.3 is 20.3 Å². The summed E-state index contributed by atoms with van der Waals surface area (Å²) < 4.78 is 6.13. The first-order chi connectivity index (χ1) is 15.0. The van der Waals surface area contributed by atoms with Crippen LogP contribution in [0.2, 0.25) is 0 Å². The largest absolute Gasteiger partial charge is 0.393 e. The van der Waals surface area contributed by atoms with Crippen LogP contribution in [0.3, 0.4) is 0 Å². The standard InChI is InChI=1S/C22H39NO3.C5H10/c24-19-7-1-15(2-8-19)22(16-3-9-20(25)10-4-16)17-5-11-21(12-6-17)26-14-18-13-23-18;1-4-3-5(4)2/h15-25H,1-14H2;4-5H,3H2,1-2H3. The van der Waals surface area contributed by atoms with Crippen LogP contribution in [0.4, 0.5) is 0 Å². The maximum atomic E-state index is 9.95. The smallest absolute Gasteiger partial charge is 0.0635 e. The molecule has 0 aromatic carbocycles. The molecule has 4 aliphatic carbocycles. The Hall–Kier alpha value is -0.160. The molecule has 0 bridgehead atoms. The van der Waals surface area contributed by atoms with E-state index in [1.165, 1.54) is 57.8 Å². The van der Waals surface area contributed by atoms with E-state index in [1.807, 2.05) is 0 Å². The molecule has 0 spiro atoms. The minimum atomic E-state index is -0.0553. The molecule has 5 rings (SSSR count). The van der Waals surface area contributed by atoms with Crippen molar-refractivity contribution >= 4 is 0 Å². The number of hydrogen-bond acceptors (Lipinski definition) is 4. The van der Waals surface area contributed by atoms with Gasteiger partial charge in [-0.25, -0.2) is 0 Å². The monoisotopic (exact) mass is 435 g/mol. The molecule has 0 amide bonds. The van der Waals surface area contributed by atoms with Crippen LogP contribution in [0.1, 0.15) is 97.3 Å². The van der Waals surface area contributed by atoms with Gasteiger partial charge in [-0.05, 0) is 119 Å². The van der Waals surface area contributed by atoms with Crippen LogP contribution in [0.5, 0.6) is 0 Å². The lowest BCUT2D eigenvalue weighted by Gasteiger charge is -2.45. The molecule has 0 aromatic rings. The van der Waals surface area contributed by atoms with E-state index < -0.39 is 0 Å². The number of ether oxygens (including phenoxy) is 1. The Morgan fingerprint density at radius 2 is 1.10 bits per heavy atom. The molecule has 0 radical (unpaired) electrons. The lowest BCUT2D eigenvalue weighted by Crippen LogP contribution is -2.38. The number of aliphatic hydroxyl groups excluding tert-OH is 2. The third-order valence-corrected chi connectivity index (χ3v) is 9.37. The predicted molar refractivity (Wildman–Crippen MR) is 126 cm³/mol. The summed E-state index contributed by atoms with van der Waals surface area (Å²) in [6.45, 7) is 6.63. The molecule has 4 saturated carbocycles. The summed E-state index contributed by atoms with van der Waals surface area (Å²) in [4.78, 5) is 0. The van der Waals surface area contributed by atoms with Gasteiger partial charge in [0.2, 0.25) is 0 Å². The Morgan fingerprint density at radius 3 is 1.45 bits per heavy atom. The second-order valence-electron chi connectivity index (χ2n) is 11.9. The lowest BCUT2D eigenvalue weighted by atomic mass is 9.61. The molecule has 1 aliphatic heterocycles. The fraction of sp³-hybridized carbons (Fsp3) is 1.00. The van der Waals surface area contributed by atoms with Gasteiger partial charge in [0.05, 0.1) is 24.9 Å². The summed E-state index contributed by atoms with van der Waals surface area (Å²) in [5, 5.41) is 23.2. The summed E-state index contributed by atoms with van der Waals surface area (Å²) in [6.07, 6.45) is 15.8. The van der Waals surface area contributed by atoms with Crippen LogP contribution in [0, 0.1) is 35.5 Å². The van der Waals surface area contributed by atoms with Crippen LogP contribution < -0.4 is 5.32 Å². The summed E-state index contributed by atoms with van der Waals surface area (Å²) in [6, 6.07) is 0.628. The molecule has 0 aromatic heterocycles. The summed E-state index contributed by atoms with van der Waals surface area (Å²) in [5.74, 6) is 5.37. The van der Waals surface area contributed by atoms with Crippen LogP contribution in [0.15, 0.2) is 0 Å². The van der Waals surface area contributed by atoms with Gasteiger partial charge in [-0.1, -0.05) is 13.8 Å². The van der Waals surface area contributed by atoms with Crippen molar-refractivity contribution < 1.29 is 14.9 Å². The Kier molecular flexibility index (Phi) is 8.75. The highest BCUT2D eigenvalue weighted by molar-refractivity contribution is 4.91. The Labute approximate surface area is 190 Å². The van der Waals surface area contributed by atoms with Gasteiger partial charge in [0.15, 0.2) is 0 Å². The van der Waals surface area contributed by atoms with E-state index >= 15 is 0 Å². The van der Waals surface area contributed by atoms with Crippen LogP contribution >= 0.6 is 0 Å². The molecule has 180 valence electrons. The van der Waals surface area contributed by atoms with Gasteiger partial charge in [0, 0.05) is 12.6 Å². The number of nitrogens with one attached hydrogen (secondary N) is 1. The first kappa shape index (κ1) is 24.0. The first-order valence-electron chi connectivity index (χ1n) is 13.7. The third kappa shape index (κ3) is 7.42. The van der Waals surface area contributed by atoms with E-state index in [0.29, 0.717) is 12.1 Å². The molecule has 5 fully saturated rings. The molecule has 3 unspecified atom stereocenters. The second-order valence-corrected chi connectivity index (χ2v) is 11.9. The maximum Gasteiger partial charge on any atom is 0.0635 e. The van der Waals surface area contributed by atoms with Crippen molar-refractivity contribution in [2.45, 2.75) is 122 Å². The maximum absolute atomic E-state index is 9.95. The molecule has 1 saturated heterocycles. The number of hydrogen-bond donors (Lipinski definition) is 3. The van der Waals surface area contributed by atoms with Gasteiger partial charge in [-0.3, -0.25) is 0 Å². The minimum absolute atomic E-state index is 0.0553. The van der Waals surface area contributed by atoms with Gasteiger partial charge in [0.25, 0.3) is 0 Å². The molecular formula is C27H49NO3. The van der Waals surface area contributed by atoms with Crippen LogP contribution in [0.25, 0.3) is 0 Å². The highest BCUT2D eigenvalue weighted by Gasteiger charge is 2.40. The fourth-order valence-electron chi connectivity index (χ4n) is 6.73. The third-order valence-electron chi connectivity index (χ3n) is 9.37. The van der Waals surface area contributed by atoms with E-state index in [4.69, 9.17) is 4.74 Å². The Morgan fingerprint density at radius 1 is 0.710 bits per heavy atom. The highest BCUT2D eigenvalue weighted by atomic mass is 16.5. The average molecular weight is 436 g/mol. The highest BCUT2D eigenvalue weighted by Crippen LogP contribution is 2.47. The van der Waals surface area contributed by atoms with Crippen molar-refractivity contribution in [3.8, 4) is 0 Å². The van der Waals surface area contributed by atoms with Crippen molar-refractivity contribution in [2.75, 3.05) is 13.2 Å². The topological polar surface area (TPSA) is 71.6 Å². The molecule has 4 nitrogen and oxygen atoms in total. The second kappa shape index (κ2) is 11.3. The zero-order valence-electron chi connectivity index (χ0n) is 20.2. The fourth-order valence-corrected chi connectivity index (χ4v) is 6.73. The molecular weight excluding hydrogens is 386 g/mol. The quantitative estimate of drug-likeness (QED) is 0.518. The normalized spacial score (nSPS) is 45.9. The van der Waals surface area contributed by atoms with E-state index in [9.17, 15) is 10.2 Å². The SMILES string of the molecule is CC1CC1C.OC1CCC(C(C2CCC(O)CC2)C2CCC(OCC3CN3)CC2)CC1. The zero-order chi connectivity index (χ0) is 21.8. The molecule has 1 heterocycles. The Bertz CT molecular complexity index is 487. The van der Waals surface area contributed by atoms with E-state index in [2.05, 4.69) is 19.2 Å². The van der Waals surface area contributed by atoms with Crippen molar-refractivity contribution in [3.63, 3.8) is 0 Å². The molecule has 5 aliphatic rings. The number of aliphatic hydroxyl groups is 2. The average Bonchev–Trinajstić information content (AvgIpc) is 3.71. The van der Waals surface area contributed by atoms with Crippen molar-refractivity contribution in [1.82, 2.24) is 5.32 Å². The summed E-state index contributed by atoms with van der Waals surface area (Å²) in [5.41, 5.74) is 0.